The van der Waals surface area contributed by atoms with Crippen LogP contribution in [0.15, 0.2) is 58.2 Å². The van der Waals surface area contributed by atoms with Crippen molar-refractivity contribution in [2.24, 2.45) is 0 Å². The van der Waals surface area contributed by atoms with E-state index < -0.39 is 23.3 Å². The molecular weight excluding hydrogens is 432 g/mol. The van der Waals surface area contributed by atoms with Crippen LogP contribution in [0.3, 0.4) is 0 Å². The summed E-state index contributed by atoms with van der Waals surface area (Å²) < 4.78 is 7.43. The van der Waals surface area contributed by atoms with Crippen LogP contribution in [0.1, 0.15) is 11.1 Å². The summed E-state index contributed by atoms with van der Waals surface area (Å²) in [6.45, 7) is 0. The second kappa shape index (κ2) is 6.96. The summed E-state index contributed by atoms with van der Waals surface area (Å²) in [4.78, 5) is 0. The number of benzene rings is 2. The first-order valence-corrected chi connectivity index (χ1v) is 15.8. The van der Waals surface area contributed by atoms with Gasteiger partial charge in [0.05, 0.1) is 0 Å². The maximum absolute atomic E-state index is 6.08. The van der Waals surface area contributed by atoms with Crippen molar-refractivity contribution in [3.05, 3.63) is 69.3 Å². The average Bonchev–Trinajstić information content (AvgIpc) is 2.46. The van der Waals surface area contributed by atoms with Gasteiger partial charge in [0.15, 0.2) is 0 Å². The number of halogens is 1. The number of methoxy groups -OCH3 is 1. The molecule has 3 heteroatoms. The van der Waals surface area contributed by atoms with E-state index in [9.17, 15) is 0 Å². The molecule has 0 fully saturated rings. The second-order valence-electron chi connectivity index (χ2n) is 3.87. The number of hydrogen-bond acceptors (Lipinski definition) is 1. The van der Waals surface area contributed by atoms with Crippen molar-refractivity contribution in [3.63, 3.8) is 0 Å². The summed E-state index contributed by atoms with van der Waals surface area (Å²) in [5.74, 6) is 0.877. The molecular formula is C15H13ClHgO. The molecule has 2 aromatic rings. The van der Waals surface area contributed by atoms with E-state index in [0.717, 1.165) is 5.75 Å². The molecule has 0 spiro atoms. The molecule has 88 valence electrons. The van der Waals surface area contributed by atoms with Gasteiger partial charge in [-0.3, -0.25) is 0 Å². The standard InChI is InChI=1S/C15H13O.ClH.Hg/c1-12(13-6-4-3-5-7-13)14-8-10-15(16-2)11-9-14;;/h1,3-11H,2H3;1H;/q;;+1/p-1. The minimum absolute atomic E-state index is 0.877. The van der Waals surface area contributed by atoms with Gasteiger partial charge in [0, 0.05) is 0 Å². The van der Waals surface area contributed by atoms with E-state index in [1.54, 1.807) is 7.11 Å². The zero-order chi connectivity index (χ0) is 12.8. The topological polar surface area (TPSA) is 9.23 Å². The Morgan fingerprint density at radius 2 is 1.61 bits per heavy atom. The van der Waals surface area contributed by atoms with Gasteiger partial charge in [-0.05, 0) is 0 Å². The summed E-state index contributed by atoms with van der Waals surface area (Å²) in [6.07, 6.45) is 0. The number of rotatable bonds is 4. The van der Waals surface area contributed by atoms with Crippen molar-refractivity contribution in [2.75, 3.05) is 7.11 Å². The molecule has 0 radical (unpaired) electrons. The van der Waals surface area contributed by atoms with Crippen LogP contribution >= 0.6 is 8.25 Å². The first-order valence-electron chi connectivity index (χ1n) is 5.81. The molecule has 0 saturated heterocycles. The first-order chi connectivity index (χ1) is 8.85. The SMILES string of the molecule is COc1ccc(/C(=[CH]/[Hg][Cl])c2ccccc2)cc1. The Hall–Kier alpha value is -0.795. The molecule has 0 aliphatic rings. The fourth-order valence-electron chi connectivity index (χ4n) is 1.87. The zero-order valence-corrected chi connectivity index (χ0v) is 16.5. The quantitative estimate of drug-likeness (QED) is 0.638. The molecule has 0 bridgehead atoms. The van der Waals surface area contributed by atoms with Crippen LogP contribution in [0.25, 0.3) is 5.57 Å². The third kappa shape index (κ3) is 3.36. The van der Waals surface area contributed by atoms with Crippen LogP contribution in [0.4, 0.5) is 0 Å². The van der Waals surface area contributed by atoms with Gasteiger partial charge < -0.3 is 0 Å². The van der Waals surface area contributed by atoms with E-state index in [1.807, 2.05) is 18.2 Å². The summed E-state index contributed by atoms with van der Waals surface area (Å²) in [5.41, 5.74) is 3.67. The van der Waals surface area contributed by atoms with Gasteiger partial charge >= 0.3 is 124 Å². The van der Waals surface area contributed by atoms with Gasteiger partial charge in [-0.25, -0.2) is 0 Å². The van der Waals surface area contributed by atoms with Crippen molar-refractivity contribution < 1.29 is 28.1 Å². The van der Waals surface area contributed by atoms with E-state index in [-0.39, 0.29) is 0 Å². The van der Waals surface area contributed by atoms with Crippen molar-refractivity contribution in [1.82, 2.24) is 0 Å². The number of hydrogen-bond donors (Lipinski definition) is 0. The van der Waals surface area contributed by atoms with E-state index in [1.165, 1.54) is 16.7 Å². The van der Waals surface area contributed by atoms with E-state index in [2.05, 4.69) is 40.0 Å². The Labute approximate surface area is 123 Å². The Morgan fingerprint density at radius 1 is 1.00 bits per heavy atom. The minimum atomic E-state index is -1.35. The number of ether oxygens (including phenoxy) is 1. The van der Waals surface area contributed by atoms with Gasteiger partial charge in [0.25, 0.3) is 0 Å². The third-order valence-corrected chi connectivity index (χ3v) is 6.31. The molecule has 0 N–H and O–H groups in total. The molecule has 0 saturated carbocycles. The van der Waals surface area contributed by atoms with Crippen LogP contribution < -0.4 is 4.74 Å². The van der Waals surface area contributed by atoms with Gasteiger partial charge in [0.1, 0.15) is 0 Å². The van der Waals surface area contributed by atoms with Crippen LogP contribution in [0, 0.1) is 0 Å². The van der Waals surface area contributed by atoms with Crippen LogP contribution in [0.2, 0.25) is 0 Å². The van der Waals surface area contributed by atoms with Crippen LogP contribution in [-0.2, 0) is 23.3 Å². The Balaban J connectivity index is 2.39. The van der Waals surface area contributed by atoms with Gasteiger partial charge in [-0.15, -0.1) is 0 Å². The fraction of sp³-hybridized carbons (Fsp3) is 0.0667. The van der Waals surface area contributed by atoms with Gasteiger partial charge in [-0.1, -0.05) is 0 Å². The summed E-state index contributed by atoms with van der Waals surface area (Å²) in [6, 6.07) is 18.5. The van der Waals surface area contributed by atoms with Crippen molar-refractivity contribution >= 4 is 13.8 Å². The summed E-state index contributed by atoms with van der Waals surface area (Å²) >= 11 is -1.35. The van der Waals surface area contributed by atoms with Crippen molar-refractivity contribution in [2.45, 2.75) is 0 Å². The summed E-state index contributed by atoms with van der Waals surface area (Å²) in [5, 5.41) is 0. The average molecular weight is 445 g/mol. The summed E-state index contributed by atoms with van der Waals surface area (Å²) in [7, 11) is 7.76. The molecule has 0 amide bonds. The third-order valence-electron chi connectivity index (χ3n) is 2.77. The van der Waals surface area contributed by atoms with Crippen molar-refractivity contribution in [3.8, 4) is 5.75 Å². The molecule has 0 aliphatic heterocycles. The molecule has 18 heavy (non-hydrogen) atoms. The predicted molar refractivity (Wildman–Crippen MR) is 72.4 cm³/mol. The molecule has 0 aliphatic carbocycles. The molecule has 0 aromatic heterocycles. The molecule has 0 unspecified atom stereocenters. The van der Waals surface area contributed by atoms with E-state index in [0.29, 0.717) is 0 Å². The Morgan fingerprint density at radius 3 is 2.17 bits per heavy atom. The first kappa shape index (κ1) is 13.6. The zero-order valence-electron chi connectivity index (χ0n) is 10.3. The molecule has 0 atom stereocenters. The fourth-order valence-corrected chi connectivity index (χ4v) is 5.65. The Bertz CT molecular complexity index is 520. The van der Waals surface area contributed by atoms with E-state index in [4.69, 9.17) is 13.0 Å². The van der Waals surface area contributed by atoms with Gasteiger partial charge in [-0.2, -0.15) is 0 Å². The van der Waals surface area contributed by atoms with E-state index >= 15 is 0 Å². The van der Waals surface area contributed by atoms with Crippen LogP contribution in [-0.4, -0.2) is 7.11 Å². The molecule has 1 nitrogen and oxygen atoms in total. The van der Waals surface area contributed by atoms with Crippen molar-refractivity contribution in [1.29, 1.82) is 0 Å². The predicted octanol–water partition coefficient (Wildman–Crippen LogP) is 4.32. The molecule has 0 heterocycles. The van der Waals surface area contributed by atoms with Crippen LogP contribution in [0.5, 0.6) is 5.75 Å². The second-order valence-corrected chi connectivity index (χ2v) is 9.36. The normalized spacial score (nSPS) is 10.9. The van der Waals surface area contributed by atoms with Gasteiger partial charge in [0.2, 0.25) is 0 Å². The molecule has 2 rings (SSSR count). The molecule has 2 aromatic carbocycles. The maximum atomic E-state index is 6.08. The Kier molecular flexibility index (Phi) is 5.27. The monoisotopic (exact) mass is 446 g/mol.